The van der Waals surface area contributed by atoms with E-state index in [0.29, 0.717) is 16.1 Å². The zero-order valence-corrected chi connectivity index (χ0v) is 12.3. The van der Waals surface area contributed by atoms with E-state index in [9.17, 15) is 0 Å². The van der Waals surface area contributed by atoms with Crippen molar-refractivity contribution in [2.24, 2.45) is 0 Å². The van der Waals surface area contributed by atoms with E-state index in [2.05, 4.69) is 12.2 Å². The number of likely N-dealkylation sites (N-methyl/N-ethyl adjacent to an activating group) is 1. The topological polar surface area (TPSA) is 25.2 Å². The van der Waals surface area contributed by atoms with Gasteiger partial charge in [-0.1, -0.05) is 36.2 Å². The summed E-state index contributed by atoms with van der Waals surface area (Å²) in [6.45, 7) is 3.02. The molecule has 1 aromatic carbocycles. The molecule has 2 nitrogen and oxygen atoms in total. The molecule has 4 heteroatoms. The number of benzene rings is 1. The normalized spacial score (nSPS) is 12.6. The Morgan fingerprint density at radius 1 is 1.16 bits per heavy atom. The molecule has 0 amide bonds. The molecule has 1 aromatic heterocycles. The number of furan rings is 1. The number of rotatable bonds is 6. The molecule has 1 atom stereocenters. The Morgan fingerprint density at radius 3 is 2.63 bits per heavy atom. The minimum atomic E-state index is 0.327. The Hall–Kier alpha value is -0.960. The van der Waals surface area contributed by atoms with Crippen LogP contribution in [0.15, 0.2) is 41.0 Å². The fraction of sp³-hybridized carbons (Fsp3) is 0.333. The van der Waals surface area contributed by atoms with Crippen LogP contribution >= 0.6 is 23.2 Å². The molecule has 102 valence electrons. The maximum atomic E-state index is 6.05. The van der Waals surface area contributed by atoms with Crippen molar-refractivity contribution in [2.75, 3.05) is 6.54 Å². The van der Waals surface area contributed by atoms with Crippen LogP contribution in [0.1, 0.15) is 18.2 Å². The van der Waals surface area contributed by atoms with Crippen molar-refractivity contribution in [2.45, 2.75) is 25.8 Å². The molecule has 0 bridgehead atoms. The second-order valence-corrected chi connectivity index (χ2v) is 5.31. The molecule has 0 aliphatic rings. The van der Waals surface area contributed by atoms with Crippen LogP contribution in [0.5, 0.6) is 0 Å². The first-order valence-corrected chi connectivity index (χ1v) is 7.14. The number of nitrogens with one attached hydrogen (secondary N) is 1. The van der Waals surface area contributed by atoms with Gasteiger partial charge < -0.3 is 9.73 Å². The minimum Gasteiger partial charge on any atom is -0.469 e. The molecule has 19 heavy (non-hydrogen) atoms. The van der Waals surface area contributed by atoms with Crippen molar-refractivity contribution in [1.29, 1.82) is 0 Å². The third kappa shape index (κ3) is 4.27. The van der Waals surface area contributed by atoms with Crippen molar-refractivity contribution in [3.63, 3.8) is 0 Å². The van der Waals surface area contributed by atoms with Gasteiger partial charge in [0, 0.05) is 12.5 Å². The molecule has 1 N–H and O–H groups in total. The van der Waals surface area contributed by atoms with Crippen LogP contribution in [0.4, 0.5) is 0 Å². The molecule has 0 saturated heterocycles. The molecule has 2 aromatic rings. The van der Waals surface area contributed by atoms with E-state index in [1.165, 1.54) is 5.56 Å². The fourth-order valence-corrected chi connectivity index (χ4v) is 2.45. The minimum absolute atomic E-state index is 0.327. The summed E-state index contributed by atoms with van der Waals surface area (Å²) in [6, 6.07) is 10.0. The highest BCUT2D eigenvalue weighted by atomic mass is 35.5. The Balaban J connectivity index is 2.05. The second kappa shape index (κ2) is 6.99. The Morgan fingerprint density at radius 2 is 2.00 bits per heavy atom. The van der Waals surface area contributed by atoms with Crippen LogP contribution in [0.3, 0.4) is 0 Å². The highest BCUT2D eigenvalue weighted by molar-refractivity contribution is 6.42. The molecule has 0 fully saturated rings. The largest absolute Gasteiger partial charge is 0.469 e. The van der Waals surface area contributed by atoms with E-state index >= 15 is 0 Å². The molecule has 2 rings (SSSR count). The van der Waals surface area contributed by atoms with Gasteiger partial charge in [-0.05, 0) is 42.8 Å². The van der Waals surface area contributed by atoms with Gasteiger partial charge >= 0.3 is 0 Å². The Kier molecular flexibility index (Phi) is 5.32. The lowest BCUT2D eigenvalue weighted by atomic mass is 10.0. The first-order valence-electron chi connectivity index (χ1n) is 6.38. The van der Waals surface area contributed by atoms with Gasteiger partial charge in [0.1, 0.15) is 5.76 Å². The summed E-state index contributed by atoms with van der Waals surface area (Å²) in [4.78, 5) is 0. The molecule has 1 unspecified atom stereocenters. The molecule has 0 aliphatic heterocycles. The van der Waals surface area contributed by atoms with Crippen LogP contribution in [0, 0.1) is 0 Å². The lowest BCUT2D eigenvalue weighted by molar-refractivity contribution is 0.444. The smallest absolute Gasteiger partial charge is 0.105 e. The molecule has 0 radical (unpaired) electrons. The SMILES string of the molecule is CCNC(Cc1ccc(Cl)c(Cl)c1)Cc1ccco1. The molecule has 1 heterocycles. The van der Waals surface area contributed by atoms with E-state index in [1.54, 1.807) is 6.26 Å². The molecular weight excluding hydrogens is 281 g/mol. The zero-order chi connectivity index (χ0) is 13.7. The van der Waals surface area contributed by atoms with Gasteiger partial charge in [0.25, 0.3) is 0 Å². The number of hydrogen-bond acceptors (Lipinski definition) is 2. The van der Waals surface area contributed by atoms with Crippen molar-refractivity contribution >= 4 is 23.2 Å². The van der Waals surface area contributed by atoms with E-state index in [0.717, 1.165) is 25.1 Å². The lowest BCUT2D eigenvalue weighted by Crippen LogP contribution is -2.32. The third-order valence-corrected chi connectivity index (χ3v) is 3.73. The third-order valence-electron chi connectivity index (χ3n) is 2.99. The number of hydrogen-bond donors (Lipinski definition) is 1. The van der Waals surface area contributed by atoms with Gasteiger partial charge in [-0.25, -0.2) is 0 Å². The maximum absolute atomic E-state index is 6.05. The second-order valence-electron chi connectivity index (χ2n) is 4.49. The van der Waals surface area contributed by atoms with Gasteiger partial charge in [0.05, 0.1) is 16.3 Å². The van der Waals surface area contributed by atoms with E-state index in [4.69, 9.17) is 27.6 Å². The average molecular weight is 298 g/mol. The van der Waals surface area contributed by atoms with Gasteiger partial charge in [-0.3, -0.25) is 0 Å². The molecule has 0 saturated carbocycles. The molecule has 0 aliphatic carbocycles. The Labute approximate surface area is 123 Å². The summed E-state index contributed by atoms with van der Waals surface area (Å²) >= 11 is 12.0. The van der Waals surface area contributed by atoms with Crippen molar-refractivity contribution < 1.29 is 4.42 Å². The van der Waals surface area contributed by atoms with Crippen LogP contribution in [-0.4, -0.2) is 12.6 Å². The quantitative estimate of drug-likeness (QED) is 0.857. The predicted octanol–water partition coefficient (Wildman–Crippen LogP) is 4.35. The van der Waals surface area contributed by atoms with Crippen LogP contribution < -0.4 is 5.32 Å². The van der Waals surface area contributed by atoms with E-state index in [-0.39, 0.29) is 0 Å². The zero-order valence-electron chi connectivity index (χ0n) is 10.8. The van der Waals surface area contributed by atoms with Crippen molar-refractivity contribution in [3.05, 3.63) is 58.0 Å². The van der Waals surface area contributed by atoms with Crippen LogP contribution in [0.2, 0.25) is 10.0 Å². The summed E-state index contributed by atoms with van der Waals surface area (Å²) in [7, 11) is 0. The Bertz CT molecular complexity index is 511. The summed E-state index contributed by atoms with van der Waals surface area (Å²) in [6.07, 6.45) is 3.46. The lowest BCUT2D eigenvalue weighted by Gasteiger charge is -2.17. The van der Waals surface area contributed by atoms with Crippen LogP contribution in [-0.2, 0) is 12.8 Å². The molecular formula is C15H17Cl2NO. The van der Waals surface area contributed by atoms with Crippen molar-refractivity contribution in [3.8, 4) is 0 Å². The first-order chi connectivity index (χ1) is 9.19. The molecule has 0 spiro atoms. The standard InChI is InChI=1S/C15H17Cl2NO/c1-2-18-12(10-13-4-3-7-19-13)8-11-5-6-14(16)15(17)9-11/h3-7,9,12,18H,2,8,10H2,1H3. The highest BCUT2D eigenvalue weighted by Crippen LogP contribution is 2.23. The van der Waals surface area contributed by atoms with Gasteiger partial charge in [-0.15, -0.1) is 0 Å². The van der Waals surface area contributed by atoms with Crippen LogP contribution in [0.25, 0.3) is 0 Å². The summed E-state index contributed by atoms with van der Waals surface area (Å²) in [5.41, 5.74) is 1.17. The summed E-state index contributed by atoms with van der Waals surface area (Å²) in [5, 5.41) is 4.67. The predicted molar refractivity (Wildman–Crippen MR) is 80.0 cm³/mol. The van der Waals surface area contributed by atoms with E-state index < -0.39 is 0 Å². The maximum Gasteiger partial charge on any atom is 0.105 e. The first kappa shape index (κ1) is 14.4. The van der Waals surface area contributed by atoms with Crippen molar-refractivity contribution in [1.82, 2.24) is 5.32 Å². The van der Waals surface area contributed by atoms with E-state index in [1.807, 2.05) is 30.3 Å². The fourth-order valence-electron chi connectivity index (χ4n) is 2.13. The van der Waals surface area contributed by atoms with Gasteiger partial charge in [0.15, 0.2) is 0 Å². The summed E-state index contributed by atoms with van der Waals surface area (Å²) < 4.78 is 5.40. The average Bonchev–Trinajstić information content (AvgIpc) is 2.87. The highest BCUT2D eigenvalue weighted by Gasteiger charge is 2.12. The van der Waals surface area contributed by atoms with Gasteiger partial charge in [-0.2, -0.15) is 0 Å². The summed E-state index contributed by atoms with van der Waals surface area (Å²) in [5.74, 6) is 0.992. The number of halogens is 2. The van der Waals surface area contributed by atoms with Gasteiger partial charge in [0.2, 0.25) is 0 Å². The monoisotopic (exact) mass is 297 g/mol.